The Morgan fingerprint density at radius 3 is 2.67 bits per heavy atom. The first-order chi connectivity index (χ1) is 10.2. The second kappa shape index (κ2) is 7.54. The lowest BCUT2D eigenvalue weighted by Crippen LogP contribution is -2.30. The third kappa shape index (κ3) is 3.61. The highest BCUT2D eigenvalue weighted by atomic mass is 79.9. The number of para-hydroxylation sites is 1. The average molecular weight is 353 g/mol. The highest BCUT2D eigenvalue weighted by Crippen LogP contribution is 2.34. The zero-order chi connectivity index (χ0) is 15.2. The van der Waals surface area contributed by atoms with Crippen LogP contribution in [-0.2, 0) is 0 Å². The molecular formula is C16H18BrFN2O. The van der Waals surface area contributed by atoms with Gasteiger partial charge in [-0.2, -0.15) is 0 Å². The van der Waals surface area contributed by atoms with Crippen LogP contribution in [0, 0.1) is 5.82 Å². The number of rotatable bonds is 6. The van der Waals surface area contributed by atoms with E-state index in [1.54, 1.807) is 12.1 Å². The van der Waals surface area contributed by atoms with Crippen molar-refractivity contribution in [3.05, 3.63) is 63.9 Å². The molecule has 3 nitrogen and oxygen atoms in total. The molecule has 1 unspecified atom stereocenters. The highest BCUT2D eigenvalue weighted by Gasteiger charge is 2.22. The summed E-state index contributed by atoms with van der Waals surface area (Å²) in [6.45, 7) is 2.64. The molecule has 3 N–H and O–H groups in total. The second-order valence-electron chi connectivity index (χ2n) is 4.62. The van der Waals surface area contributed by atoms with Crippen molar-refractivity contribution in [3.8, 4) is 5.75 Å². The normalized spacial score (nSPS) is 12.2. The van der Waals surface area contributed by atoms with E-state index in [4.69, 9.17) is 10.6 Å². The van der Waals surface area contributed by atoms with E-state index in [2.05, 4.69) is 21.4 Å². The smallest absolute Gasteiger partial charge is 0.129 e. The number of hydrogen-bond donors (Lipinski definition) is 2. The molecule has 0 amide bonds. The van der Waals surface area contributed by atoms with Crippen LogP contribution >= 0.6 is 15.9 Å². The number of halogens is 2. The maximum atomic E-state index is 14.2. The largest absolute Gasteiger partial charge is 0.493 e. The summed E-state index contributed by atoms with van der Waals surface area (Å²) < 4.78 is 20.6. The molecule has 0 heterocycles. The van der Waals surface area contributed by atoms with Crippen LogP contribution in [0.3, 0.4) is 0 Å². The molecular weight excluding hydrogens is 335 g/mol. The van der Waals surface area contributed by atoms with E-state index >= 15 is 0 Å². The summed E-state index contributed by atoms with van der Waals surface area (Å²) in [5.74, 6) is 6.06. The number of benzene rings is 2. The molecule has 2 rings (SSSR count). The van der Waals surface area contributed by atoms with E-state index in [9.17, 15) is 4.39 Å². The van der Waals surface area contributed by atoms with Gasteiger partial charge in [0, 0.05) is 15.6 Å². The summed E-state index contributed by atoms with van der Waals surface area (Å²) in [5.41, 5.74) is 3.95. The molecule has 0 fully saturated rings. The van der Waals surface area contributed by atoms with Crippen molar-refractivity contribution >= 4 is 15.9 Å². The van der Waals surface area contributed by atoms with Crippen molar-refractivity contribution in [2.75, 3.05) is 6.61 Å². The average Bonchev–Trinajstić information content (AvgIpc) is 2.49. The minimum absolute atomic E-state index is 0.322. The van der Waals surface area contributed by atoms with Crippen molar-refractivity contribution < 1.29 is 9.13 Å². The molecule has 0 saturated heterocycles. The number of nitrogens with two attached hydrogens (primary N) is 1. The van der Waals surface area contributed by atoms with E-state index in [1.165, 1.54) is 6.07 Å². The molecule has 21 heavy (non-hydrogen) atoms. The summed E-state index contributed by atoms with van der Waals surface area (Å²) in [5, 5.41) is 0. The molecule has 0 aromatic heterocycles. The van der Waals surface area contributed by atoms with Gasteiger partial charge in [0.2, 0.25) is 0 Å². The van der Waals surface area contributed by atoms with Crippen LogP contribution in [0.15, 0.2) is 46.9 Å². The van der Waals surface area contributed by atoms with E-state index < -0.39 is 6.04 Å². The fourth-order valence-corrected chi connectivity index (χ4v) is 2.75. The molecule has 112 valence electrons. The van der Waals surface area contributed by atoms with Gasteiger partial charge in [-0.05, 0) is 24.6 Å². The Morgan fingerprint density at radius 2 is 2.00 bits per heavy atom. The first kappa shape index (κ1) is 15.9. The van der Waals surface area contributed by atoms with Crippen molar-refractivity contribution in [2.45, 2.75) is 19.4 Å². The first-order valence-electron chi connectivity index (χ1n) is 6.80. The Labute approximate surface area is 132 Å². The van der Waals surface area contributed by atoms with Gasteiger partial charge in [0.25, 0.3) is 0 Å². The highest BCUT2D eigenvalue weighted by molar-refractivity contribution is 9.10. The van der Waals surface area contributed by atoms with Crippen molar-refractivity contribution in [1.29, 1.82) is 0 Å². The molecule has 0 aliphatic rings. The van der Waals surface area contributed by atoms with Gasteiger partial charge in [0.05, 0.1) is 12.6 Å². The van der Waals surface area contributed by atoms with Crippen LogP contribution in [0.1, 0.15) is 30.5 Å². The van der Waals surface area contributed by atoms with Gasteiger partial charge in [-0.15, -0.1) is 0 Å². The molecule has 0 saturated carbocycles. The lowest BCUT2D eigenvalue weighted by Gasteiger charge is -2.21. The second-order valence-corrected chi connectivity index (χ2v) is 5.48. The SMILES string of the molecule is CCCOc1ccccc1C(NN)c1c(F)cccc1Br. The van der Waals surface area contributed by atoms with E-state index in [1.807, 2.05) is 31.2 Å². The third-order valence-electron chi connectivity index (χ3n) is 3.15. The topological polar surface area (TPSA) is 47.3 Å². The fraction of sp³-hybridized carbons (Fsp3) is 0.250. The molecule has 0 bridgehead atoms. The summed E-state index contributed by atoms with van der Waals surface area (Å²) in [7, 11) is 0. The van der Waals surface area contributed by atoms with Gasteiger partial charge in [0.15, 0.2) is 0 Å². The zero-order valence-corrected chi connectivity index (χ0v) is 13.4. The molecule has 2 aromatic rings. The van der Waals surface area contributed by atoms with E-state index in [0.717, 1.165) is 12.0 Å². The van der Waals surface area contributed by atoms with E-state index in [0.29, 0.717) is 22.4 Å². The maximum absolute atomic E-state index is 14.2. The molecule has 0 spiro atoms. The van der Waals surface area contributed by atoms with Gasteiger partial charge < -0.3 is 4.74 Å². The van der Waals surface area contributed by atoms with Crippen LogP contribution in [0.2, 0.25) is 0 Å². The summed E-state index contributed by atoms with van der Waals surface area (Å²) >= 11 is 3.39. The van der Waals surface area contributed by atoms with Crippen LogP contribution in [-0.4, -0.2) is 6.61 Å². The minimum Gasteiger partial charge on any atom is -0.493 e. The number of hydrogen-bond acceptors (Lipinski definition) is 3. The summed E-state index contributed by atoms with van der Waals surface area (Å²) in [6.07, 6.45) is 0.901. The Kier molecular flexibility index (Phi) is 5.73. The number of nitrogens with one attached hydrogen (secondary N) is 1. The molecule has 0 aliphatic heterocycles. The van der Waals surface area contributed by atoms with Crippen molar-refractivity contribution in [1.82, 2.24) is 5.43 Å². The van der Waals surface area contributed by atoms with Crippen LogP contribution in [0.5, 0.6) is 5.75 Å². The van der Waals surface area contributed by atoms with Crippen LogP contribution < -0.4 is 16.0 Å². The third-order valence-corrected chi connectivity index (χ3v) is 3.84. The lowest BCUT2D eigenvalue weighted by atomic mass is 9.98. The van der Waals surface area contributed by atoms with Gasteiger partial charge in [0.1, 0.15) is 11.6 Å². The van der Waals surface area contributed by atoms with E-state index in [-0.39, 0.29) is 5.82 Å². The lowest BCUT2D eigenvalue weighted by molar-refractivity contribution is 0.311. The Bertz CT molecular complexity index is 586. The monoisotopic (exact) mass is 352 g/mol. The Hall–Kier alpha value is -1.43. The molecule has 0 radical (unpaired) electrons. The van der Waals surface area contributed by atoms with Crippen molar-refractivity contribution in [2.24, 2.45) is 5.84 Å². The molecule has 5 heteroatoms. The molecule has 2 aromatic carbocycles. The van der Waals surface area contributed by atoms with Crippen LogP contribution in [0.4, 0.5) is 4.39 Å². The fourth-order valence-electron chi connectivity index (χ4n) is 2.18. The molecule has 1 atom stereocenters. The summed E-state index contributed by atoms with van der Waals surface area (Å²) in [4.78, 5) is 0. The Balaban J connectivity index is 2.47. The number of hydrazine groups is 1. The predicted molar refractivity (Wildman–Crippen MR) is 85.5 cm³/mol. The minimum atomic E-state index is -0.492. The Morgan fingerprint density at radius 1 is 1.24 bits per heavy atom. The van der Waals surface area contributed by atoms with Gasteiger partial charge in [-0.1, -0.05) is 47.1 Å². The maximum Gasteiger partial charge on any atom is 0.129 e. The van der Waals surface area contributed by atoms with Crippen molar-refractivity contribution in [3.63, 3.8) is 0 Å². The van der Waals surface area contributed by atoms with Crippen LogP contribution in [0.25, 0.3) is 0 Å². The van der Waals surface area contributed by atoms with Gasteiger partial charge in [-0.3, -0.25) is 5.84 Å². The number of ether oxygens (including phenoxy) is 1. The first-order valence-corrected chi connectivity index (χ1v) is 7.60. The standard InChI is InChI=1S/C16H18BrFN2O/c1-2-10-21-14-9-4-3-6-11(14)16(20-19)15-12(17)7-5-8-13(15)18/h3-9,16,20H,2,10,19H2,1H3. The van der Waals surface area contributed by atoms with Gasteiger partial charge >= 0.3 is 0 Å². The molecule has 0 aliphatic carbocycles. The quantitative estimate of drug-likeness (QED) is 0.611. The van der Waals surface area contributed by atoms with Gasteiger partial charge in [-0.25, -0.2) is 9.82 Å². The summed E-state index contributed by atoms with van der Waals surface area (Å²) in [6, 6.07) is 11.9. The predicted octanol–water partition coefficient (Wildman–Crippen LogP) is 3.93. The zero-order valence-electron chi connectivity index (χ0n) is 11.8.